The van der Waals surface area contributed by atoms with Crippen LogP contribution in [0.5, 0.6) is 0 Å². The van der Waals surface area contributed by atoms with Crippen molar-refractivity contribution in [3.63, 3.8) is 0 Å². The van der Waals surface area contributed by atoms with Crippen molar-refractivity contribution in [1.82, 2.24) is 20.9 Å². The number of thiocarbonyl (C=S) groups is 1. The summed E-state index contributed by atoms with van der Waals surface area (Å²) in [7, 11) is 3.30. The van der Waals surface area contributed by atoms with Crippen molar-refractivity contribution in [1.29, 1.82) is 0 Å². The Bertz CT molecular complexity index is 1600. The molecule has 0 fully saturated rings. The van der Waals surface area contributed by atoms with Gasteiger partial charge < -0.3 is 68.4 Å². The lowest BCUT2D eigenvalue weighted by Gasteiger charge is -2.23. The highest BCUT2D eigenvalue weighted by Crippen LogP contribution is 2.30. The zero-order chi connectivity index (χ0) is 52.9. The molecule has 0 aliphatic carbocycles. The van der Waals surface area contributed by atoms with E-state index in [9.17, 15) is 19.2 Å². The van der Waals surface area contributed by atoms with Crippen LogP contribution in [0, 0.1) is 0 Å². The van der Waals surface area contributed by atoms with Crippen molar-refractivity contribution in [3.05, 3.63) is 30.3 Å². The molecule has 0 saturated heterocycles. The van der Waals surface area contributed by atoms with Gasteiger partial charge in [-0.2, -0.15) is 37.9 Å². The van der Waals surface area contributed by atoms with Crippen LogP contribution < -0.4 is 16.0 Å². The summed E-state index contributed by atoms with van der Waals surface area (Å²) in [6.07, 6.45) is 3.20. The van der Waals surface area contributed by atoms with Crippen LogP contribution in [0.15, 0.2) is 45.5 Å². The molecule has 0 bridgehead atoms. The molecular formula is C47H80N6O14S6. The molecule has 3 N–H and O–H groups in total. The predicted molar refractivity (Wildman–Crippen MR) is 301 cm³/mol. The van der Waals surface area contributed by atoms with Gasteiger partial charge in [-0.15, -0.1) is 0 Å². The monoisotopic (exact) mass is 1140 g/mol. The van der Waals surface area contributed by atoms with Crippen molar-refractivity contribution in [2.75, 3.05) is 175 Å². The number of rotatable bonds is 53. The van der Waals surface area contributed by atoms with E-state index in [-0.39, 0.29) is 75.9 Å². The Morgan fingerprint density at radius 3 is 1.42 bits per heavy atom. The first-order valence-electron chi connectivity index (χ1n) is 24.5. The molecule has 0 aliphatic rings. The van der Waals surface area contributed by atoms with Crippen LogP contribution >= 0.6 is 71.7 Å². The first kappa shape index (κ1) is 68.6. The number of unbranched alkanes of at least 4 members (excludes halogenated alkanes) is 2. The molecule has 1 rings (SSSR count). The standard InChI is InChI=1S/C47H80N6O14S6/c54-44(10-18-58-20-22-60-24-26-62-28-30-64-32-34-66-51-41(37-68)38-69)49-14-16-53(47(57)9-5-2-6-13-48-46(56)12-36-72-73-43-7-3-1-4-8-43)17-15-50-45(55)11-19-59-21-23-61-25-27-63-29-31-65-33-35-67-52-42(39-70)40-71/h1,3-4,7-8,37,69-71H,2,5-6,9-36,38-40H2,(H,48,56)(H,49,54)(H,50,55)/b51-41-. The van der Waals surface area contributed by atoms with Gasteiger partial charge in [0.2, 0.25) is 23.6 Å². The molecule has 1 aromatic carbocycles. The van der Waals surface area contributed by atoms with Gasteiger partial charge in [-0.05, 0) is 25.0 Å². The van der Waals surface area contributed by atoms with E-state index >= 15 is 0 Å². The van der Waals surface area contributed by atoms with Gasteiger partial charge in [0.15, 0.2) is 0 Å². The molecule has 0 heterocycles. The molecule has 0 radical (unpaired) electrons. The lowest BCUT2D eigenvalue weighted by molar-refractivity contribution is -0.132. The van der Waals surface area contributed by atoms with Gasteiger partial charge in [0, 0.05) is 91.7 Å². The fraction of sp³-hybridized carbons (Fsp3) is 0.723. The Labute approximate surface area is 462 Å². The molecule has 4 amide bonds. The normalized spacial score (nSPS) is 11.2. The minimum atomic E-state index is -0.206. The highest BCUT2D eigenvalue weighted by molar-refractivity contribution is 8.76. The van der Waals surface area contributed by atoms with E-state index in [1.807, 2.05) is 30.3 Å². The van der Waals surface area contributed by atoms with Gasteiger partial charge in [-0.25, -0.2) is 0 Å². The molecule has 20 nitrogen and oxygen atoms in total. The van der Waals surface area contributed by atoms with Crippen molar-refractivity contribution in [2.45, 2.75) is 49.8 Å². The van der Waals surface area contributed by atoms with Crippen molar-refractivity contribution < 1.29 is 66.7 Å². The maximum Gasteiger partial charge on any atom is 0.222 e. The summed E-state index contributed by atoms with van der Waals surface area (Å²) in [6.45, 7) is 8.06. The minimum absolute atomic E-state index is 0.0107. The Hall–Kier alpha value is -2.44. The molecule has 0 unspecified atom stereocenters. The number of nitrogens with zero attached hydrogens (tertiary/aromatic N) is 3. The minimum Gasteiger partial charge on any atom is -0.393 e. The molecular weight excluding hydrogens is 1060 g/mol. The summed E-state index contributed by atoms with van der Waals surface area (Å²) in [5.41, 5.74) is 1.33. The molecule has 73 heavy (non-hydrogen) atoms. The molecule has 26 heteroatoms. The predicted octanol–water partition coefficient (Wildman–Crippen LogP) is 4.00. The van der Waals surface area contributed by atoms with E-state index in [0.29, 0.717) is 160 Å². The van der Waals surface area contributed by atoms with E-state index in [1.54, 1.807) is 26.5 Å². The first-order valence-corrected chi connectivity index (χ1v) is 29.2. The molecule has 0 saturated carbocycles. The second kappa shape index (κ2) is 53.0. The second-order valence-corrected chi connectivity index (χ2v) is 18.8. The van der Waals surface area contributed by atoms with Gasteiger partial charge in [-0.3, -0.25) is 19.2 Å². The van der Waals surface area contributed by atoms with Crippen LogP contribution in [0.4, 0.5) is 0 Å². The van der Waals surface area contributed by atoms with Gasteiger partial charge in [-0.1, -0.05) is 68.7 Å². The smallest absolute Gasteiger partial charge is 0.222 e. The average molecular weight is 1150 g/mol. The number of oxime groups is 2. The van der Waals surface area contributed by atoms with E-state index in [2.05, 4.69) is 64.1 Å². The van der Waals surface area contributed by atoms with Crippen LogP contribution in [0.2, 0.25) is 0 Å². The molecule has 0 spiro atoms. The van der Waals surface area contributed by atoms with Crippen LogP contribution in [0.25, 0.3) is 0 Å². The van der Waals surface area contributed by atoms with Crippen LogP contribution in [0.1, 0.15) is 44.9 Å². The summed E-state index contributed by atoms with van der Waals surface area (Å²) in [5.74, 6) is 1.63. The van der Waals surface area contributed by atoms with Crippen molar-refractivity contribution in [3.8, 4) is 0 Å². The number of nitrogens with one attached hydrogen (secondary N) is 3. The van der Waals surface area contributed by atoms with Gasteiger partial charge in [0.05, 0.1) is 111 Å². The van der Waals surface area contributed by atoms with E-state index in [1.165, 1.54) is 5.37 Å². The summed E-state index contributed by atoms with van der Waals surface area (Å²) in [6, 6.07) is 10.0. The van der Waals surface area contributed by atoms with E-state index < -0.39 is 0 Å². The van der Waals surface area contributed by atoms with Crippen molar-refractivity contribution >= 4 is 112 Å². The quantitative estimate of drug-likeness (QED) is 0.0135. The number of thiol groups is 3. The van der Waals surface area contributed by atoms with Gasteiger partial charge in [0.1, 0.15) is 18.9 Å². The number of hydrogen-bond donors (Lipinski definition) is 6. The van der Waals surface area contributed by atoms with Crippen LogP contribution in [-0.4, -0.2) is 220 Å². The highest BCUT2D eigenvalue weighted by atomic mass is 33.1. The lowest BCUT2D eigenvalue weighted by Crippen LogP contribution is -2.42. The van der Waals surface area contributed by atoms with E-state index in [0.717, 1.165) is 23.4 Å². The fourth-order valence-electron chi connectivity index (χ4n) is 5.48. The number of carbonyl (C=O) groups excluding carboxylic acids is 4. The van der Waals surface area contributed by atoms with Crippen molar-refractivity contribution in [2.24, 2.45) is 10.3 Å². The van der Waals surface area contributed by atoms with E-state index in [4.69, 9.17) is 59.8 Å². The SMILES string of the molecule is O=C(CCOCCOCCOCCOCCON=C(CS)CS)NCCN(CCNC(=O)CCOCCOCCOCCOCCO/N=C(/C=S)CS)C(=O)CCCCCNC(=O)CCSSc1ccccc1. The summed E-state index contributed by atoms with van der Waals surface area (Å²) >= 11 is 17.2. The Morgan fingerprint density at radius 2 is 0.959 bits per heavy atom. The number of amides is 4. The Kier molecular flexibility index (Phi) is 49.8. The summed E-state index contributed by atoms with van der Waals surface area (Å²) in [5, 5.41) is 17.8. The van der Waals surface area contributed by atoms with Gasteiger partial charge in [0.25, 0.3) is 0 Å². The third kappa shape index (κ3) is 45.5. The molecule has 418 valence electrons. The summed E-state index contributed by atoms with van der Waals surface area (Å²) < 4.78 is 43.9. The number of hydrogen-bond acceptors (Lipinski definition) is 22. The first-order chi connectivity index (χ1) is 35.8. The third-order valence-corrected chi connectivity index (χ3v) is 13.0. The lowest BCUT2D eigenvalue weighted by atomic mass is 10.1. The molecule has 0 aliphatic heterocycles. The fourth-order valence-corrected chi connectivity index (χ4v) is 8.39. The third-order valence-electron chi connectivity index (χ3n) is 9.32. The van der Waals surface area contributed by atoms with Crippen LogP contribution in [0.3, 0.4) is 0 Å². The maximum atomic E-state index is 13.3. The van der Waals surface area contributed by atoms with Gasteiger partial charge >= 0.3 is 0 Å². The topological polar surface area (TPSA) is 225 Å². The molecule has 0 atom stereocenters. The number of carbonyl (C=O) groups is 4. The largest absolute Gasteiger partial charge is 0.393 e. The highest BCUT2D eigenvalue weighted by Gasteiger charge is 2.15. The second-order valence-electron chi connectivity index (χ2n) is 15.1. The van der Waals surface area contributed by atoms with Crippen LogP contribution in [-0.2, 0) is 66.7 Å². The Balaban J connectivity index is 2.26. The number of ether oxygens (including phenoxy) is 8. The zero-order valence-electron chi connectivity index (χ0n) is 42.1. The average Bonchev–Trinajstić information content (AvgIpc) is 3.40. The number of benzene rings is 1. The molecule has 1 aromatic rings. The zero-order valence-corrected chi connectivity index (χ0v) is 47.3. The maximum absolute atomic E-state index is 13.3. The summed E-state index contributed by atoms with van der Waals surface area (Å²) in [4.78, 5) is 63.7. The Morgan fingerprint density at radius 1 is 0.521 bits per heavy atom. The molecule has 0 aromatic heterocycles.